The van der Waals surface area contributed by atoms with Crippen molar-refractivity contribution in [1.82, 2.24) is 24.1 Å². The Morgan fingerprint density at radius 1 is 1.17 bits per heavy atom. The molecule has 0 saturated carbocycles. The van der Waals surface area contributed by atoms with Gasteiger partial charge in [-0.25, -0.2) is 13.4 Å². The average Bonchev–Trinajstić information content (AvgIpc) is 2.81. The van der Waals surface area contributed by atoms with Gasteiger partial charge in [-0.1, -0.05) is 11.6 Å². The number of sulfonamides is 1. The highest BCUT2D eigenvalue weighted by molar-refractivity contribution is 7.89. The summed E-state index contributed by atoms with van der Waals surface area (Å²) in [7, 11) is -2.03. The van der Waals surface area contributed by atoms with Crippen molar-refractivity contribution in [3.8, 4) is 0 Å². The second kappa shape index (κ2) is 6.06. The lowest BCUT2D eigenvalue weighted by Crippen LogP contribution is -2.49. The first-order valence-electron chi connectivity index (χ1n) is 7.11. The van der Waals surface area contributed by atoms with Gasteiger partial charge in [-0.2, -0.15) is 9.40 Å². The van der Waals surface area contributed by atoms with Crippen LogP contribution in [0.1, 0.15) is 5.69 Å². The van der Waals surface area contributed by atoms with E-state index in [0.717, 1.165) is 5.82 Å². The quantitative estimate of drug-likeness (QED) is 0.804. The number of halogens is 1. The van der Waals surface area contributed by atoms with Crippen LogP contribution in [-0.4, -0.2) is 58.7 Å². The molecule has 1 aliphatic heterocycles. The number of anilines is 1. The van der Waals surface area contributed by atoms with E-state index in [0.29, 0.717) is 31.9 Å². The Kier molecular flexibility index (Phi) is 4.26. The molecule has 1 aliphatic rings. The van der Waals surface area contributed by atoms with Crippen LogP contribution >= 0.6 is 11.6 Å². The largest absolute Gasteiger partial charge is 0.353 e. The summed E-state index contributed by atoms with van der Waals surface area (Å²) in [4.78, 5) is 10.4. The summed E-state index contributed by atoms with van der Waals surface area (Å²) in [6.07, 6.45) is 4.90. The maximum absolute atomic E-state index is 12.8. The van der Waals surface area contributed by atoms with Crippen molar-refractivity contribution in [3.63, 3.8) is 0 Å². The molecule has 2 aromatic heterocycles. The van der Waals surface area contributed by atoms with E-state index in [2.05, 4.69) is 15.1 Å². The Morgan fingerprint density at radius 2 is 1.87 bits per heavy atom. The molecule has 8 nitrogen and oxygen atoms in total. The molecule has 10 heteroatoms. The van der Waals surface area contributed by atoms with E-state index in [1.54, 1.807) is 32.6 Å². The molecule has 3 rings (SSSR count). The first kappa shape index (κ1) is 16.2. The van der Waals surface area contributed by atoms with E-state index in [4.69, 9.17) is 11.6 Å². The Morgan fingerprint density at radius 3 is 2.39 bits per heavy atom. The molecule has 23 heavy (non-hydrogen) atoms. The molecule has 0 aromatic carbocycles. The van der Waals surface area contributed by atoms with Gasteiger partial charge in [0.15, 0.2) is 0 Å². The van der Waals surface area contributed by atoms with Crippen molar-refractivity contribution in [2.75, 3.05) is 31.1 Å². The third-order valence-corrected chi connectivity index (χ3v) is 6.41. The fourth-order valence-corrected chi connectivity index (χ4v) is 4.77. The molecule has 0 unspecified atom stereocenters. The van der Waals surface area contributed by atoms with E-state index in [9.17, 15) is 8.42 Å². The molecule has 0 atom stereocenters. The number of aryl methyl sites for hydroxylation is 2. The van der Waals surface area contributed by atoms with Crippen molar-refractivity contribution >= 4 is 27.4 Å². The minimum atomic E-state index is -3.65. The molecule has 1 saturated heterocycles. The number of aromatic nitrogens is 4. The first-order valence-corrected chi connectivity index (χ1v) is 8.93. The molecule has 124 valence electrons. The smallest absolute Gasteiger partial charge is 0.248 e. The fraction of sp³-hybridized carbons (Fsp3) is 0.462. The number of nitrogens with zero attached hydrogens (tertiary/aromatic N) is 6. The molecule has 0 N–H and O–H groups in total. The van der Waals surface area contributed by atoms with Gasteiger partial charge in [0, 0.05) is 45.6 Å². The van der Waals surface area contributed by atoms with E-state index >= 15 is 0 Å². The topological polar surface area (TPSA) is 84.2 Å². The number of hydrogen-bond acceptors (Lipinski definition) is 6. The van der Waals surface area contributed by atoms with E-state index in [1.165, 1.54) is 8.99 Å². The number of piperazine rings is 1. The van der Waals surface area contributed by atoms with Gasteiger partial charge >= 0.3 is 0 Å². The van der Waals surface area contributed by atoms with Crippen LogP contribution in [0.25, 0.3) is 0 Å². The average molecular weight is 357 g/mol. The number of rotatable bonds is 3. The molecular formula is C13H17ClN6O2S. The number of hydrogen-bond donors (Lipinski definition) is 0. The maximum Gasteiger partial charge on any atom is 0.248 e. The standard InChI is InChI=1S/C13H17ClN6O2S/c1-10-12(13(14)18(2)17-10)23(21,22)20-7-5-19(6-8-20)11-9-15-3-4-16-11/h3-4,9H,5-8H2,1-2H3. The molecule has 0 aliphatic carbocycles. The van der Waals surface area contributed by atoms with Crippen molar-refractivity contribution in [2.24, 2.45) is 7.05 Å². The van der Waals surface area contributed by atoms with Crippen LogP contribution in [0, 0.1) is 6.92 Å². The summed E-state index contributed by atoms with van der Waals surface area (Å²) < 4.78 is 28.5. The van der Waals surface area contributed by atoms with Crippen molar-refractivity contribution < 1.29 is 8.42 Å². The van der Waals surface area contributed by atoms with Gasteiger partial charge < -0.3 is 4.90 Å². The minimum Gasteiger partial charge on any atom is -0.353 e. The van der Waals surface area contributed by atoms with Crippen LogP contribution in [-0.2, 0) is 17.1 Å². The monoisotopic (exact) mass is 356 g/mol. The molecule has 0 radical (unpaired) electrons. The molecular weight excluding hydrogens is 340 g/mol. The van der Waals surface area contributed by atoms with Gasteiger partial charge in [-0.3, -0.25) is 9.67 Å². The van der Waals surface area contributed by atoms with Crippen LogP contribution in [0.15, 0.2) is 23.5 Å². The molecule has 2 aromatic rings. The predicted octanol–water partition coefficient (Wildman–Crippen LogP) is 0.683. The minimum absolute atomic E-state index is 0.0922. The summed E-state index contributed by atoms with van der Waals surface area (Å²) in [6.45, 7) is 3.48. The lowest BCUT2D eigenvalue weighted by Gasteiger charge is -2.34. The second-order valence-electron chi connectivity index (χ2n) is 5.28. The molecule has 1 fully saturated rings. The van der Waals surface area contributed by atoms with Crippen LogP contribution in [0.2, 0.25) is 5.15 Å². The molecule has 0 amide bonds. The fourth-order valence-electron chi connectivity index (χ4n) is 2.64. The van der Waals surface area contributed by atoms with Crippen molar-refractivity contribution in [3.05, 3.63) is 29.4 Å². The molecule has 0 spiro atoms. The van der Waals surface area contributed by atoms with Gasteiger partial charge in [-0.15, -0.1) is 0 Å². The maximum atomic E-state index is 12.8. The summed E-state index contributed by atoms with van der Waals surface area (Å²) in [5, 5.41) is 4.22. The highest BCUT2D eigenvalue weighted by Crippen LogP contribution is 2.28. The van der Waals surface area contributed by atoms with Gasteiger partial charge in [-0.05, 0) is 6.92 Å². The Bertz CT molecular complexity index is 799. The zero-order valence-electron chi connectivity index (χ0n) is 12.8. The zero-order chi connectivity index (χ0) is 16.6. The van der Waals surface area contributed by atoms with Crippen LogP contribution in [0.4, 0.5) is 5.82 Å². The molecule has 0 bridgehead atoms. The third-order valence-electron chi connectivity index (χ3n) is 3.81. The SMILES string of the molecule is Cc1nn(C)c(Cl)c1S(=O)(=O)N1CCN(c2cnccn2)CC1. The van der Waals surface area contributed by atoms with Crippen molar-refractivity contribution in [1.29, 1.82) is 0 Å². The van der Waals surface area contributed by atoms with E-state index in [-0.39, 0.29) is 10.0 Å². The van der Waals surface area contributed by atoms with Gasteiger partial charge in [0.05, 0.1) is 11.9 Å². The zero-order valence-corrected chi connectivity index (χ0v) is 14.4. The Labute approximate surface area is 139 Å². The van der Waals surface area contributed by atoms with Gasteiger partial charge in [0.1, 0.15) is 15.9 Å². The van der Waals surface area contributed by atoms with E-state index < -0.39 is 10.0 Å². The van der Waals surface area contributed by atoms with E-state index in [1.807, 2.05) is 4.90 Å². The second-order valence-corrected chi connectivity index (χ2v) is 7.52. The normalized spacial score (nSPS) is 16.7. The van der Waals surface area contributed by atoms with Crippen LogP contribution in [0.3, 0.4) is 0 Å². The summed E-state index contributed by atoms with van der Waals surface area (Å²) in [6, 6.07) is 0. The highest BCUT2D eigenvalue weighted by atomic mass is 35.5. The highest BCUT2D eigenvalue weighted by Gasteiger charge is 2.33. The summed E-state index contributed by atoms with van der Waals surface area (Å²) >= 11 is 6.11. The lowest BCUT2D eigenvalue weighted by atomic mass is 10.3. The molecule has 3 heterocycles. The van der Waals surface area contributed by atoms with Gasteiger partial charge in [0.2, 0.25) is 10.0 Å². The third kappa shape index (κ3) is 2.91. The Balaban J connectivity index is 1.79. The van der Waals surface area contributed by atoms with Crippen LogP contribution in [0.5, 0.6) is 0 Å². The van der Waals surface area contributed by atoms with Gasteiger partial charge in [0.25, 0.3) is 0 Å². The summed E-state index contributed by atoms with van der Waals surface area (Å²) in [5.74, 6) is 0.750. The Hall–Kier alpha value is -1.71. The predicted molar refractivity (Wildman–Crippen MR) is 86.0 cm³/mol. The first-order chi connectivity index (χ1) is 10.9. The summed E-state index contributed by atoms with van der Waals surface area (Å²) in [5.41, 5.74) is 0.411. The lowest BCUT2D eigenvalue weighted by molar-refractivity contribution is 0.383. The van der Waals surface area contributed by atoms with Crippen molar-refractivity contribution in [2.45, 2.75) is 11.8 Å². The van der Waals surface area contributed by atoms with Crippen LogP contribution < -0.4 is 4.90 Å².